The van der Waals surface area contributed by atoms with Crippen LogP contribution in [0.25, 0.3) is 22.5 Å². The summed E-state index contributed by atoms with van der Waals surface area (Å²) in [7, 11) is 0. The Bertz CT molecular complexity index is 1510. The molecule has 0 fully saturated rings. The highest BCUT2D eigenvalue weighted by molar-refractivity contribution is 6.33. The minimum absolute atomic E-state index is 0.0293. The van der Waals surface area contributed by atoms with Gasteiger partial charge < -0.3 is 16.0 Å². The van der Waals surface area contributed by atoms with Gasteiger partial charge in [0.05, 0.1) is 17.0 Å². The van der Waals surface area contributed by atoms with Crippen molar-refractivity contribution in [3.05, 3.63) is 64.4 Å². The lowest BCUT2D eigenvalue weighted by atomic mass is 10.1. The highest BCUT2D eigenvalue weighted by Crippen LogP contribution is 2.36. The molecule has 0 aliphatic heterocycles. The Kier molecular flexibility index (Phi) is 7.14. The summed E-state index contributed by atoms with van der Waals surface area (Å²) < 4.78 is 45.1. The maximum Gasteiger partial charge on any atom is 0.416 e. The van der Waals surface area contributed by atoms with Gasteiger partial charge in [0.2, 0.25) is 11.8 Å². The molecule has 1 aromatic carbocycles. The van der Waals surface area contributed by atoms with Crippen molar-refractivity contribution in [2.24, 2.45) is 5.73 Å². The summed E-state index contributed by atoms with van der Waals surface area (Å²) in [5.41, 5.74) is 12.2. The largest absolute Gasteiger partial charge is 0.416 e. The fourth-order valence-corrected chi connectivity index (χ4v) is 3.94. The van der Waals surface area contributed by atoms with E-state index in [2.05, 4.69) is 20.6 Å². The van der Waals surface area contributed by atoms with Crippen LogP contribution in [-0.2, 0) is 17.4 Å². The summed E-state index contributed by atoms with van der Waals surface area (Å²) in [6, 6.07) is 7.27. The van der Waals surface area contributed by atoms with E-state index in [1.807, 2.05) is 13.8 Å². The van der Waals surface area contributed by atoms with E-state index in [9.17, 15) is 22.8 Å². The molecule has 4 aromatic rings. The van der Waals surface area contributed by atoms with Gasteiger partial charge in [0.25, 0.3) is 5.91 Å². The van der Waals surface area contributed by atoms with Crippen LogP contribution in [0.15, 0.2) is 47.1 Å². The molecule has 0 bridgehead atoms. The van der Waals surface area contributed by atoms with Crippen molar-refractivity contribution in [3.8, 4) is 22.5 Å². The maximum atomic E-state index is 12.9. The number of alkyl halides is 3. The number of amides is 2. The van der Waals surface area contributed by atoms with Crippen LogP contribution in [0.1, 0.15) is 41.5 Å². The molecule has 0 saturated carbocycles. The first kappa shape index (κ1) is 26.7. The molecule has 10 nitrogen and oxygen atoms in total. The predicted octanol–water partition coefficient (Wildman–Crippen LogP) is 4.72. The highest BCUT2D eigenvalue weighted by atomic mass is 35.5. The summed E-state index contributed by atoms with van der Waals surface area (Å²) in [4.78, 5) is 28.7. The summed E-state index contributed by atoms with van der Waals surface area (Å²) in [5.74, 6) is -1.09. The lowest BCUT2D eigenvalue weighted by molar-refractivity contribution is -0.137. The molecule has 0 aliphatic carbocycles. The Morgan fingerprint density at radius 2 is 1.92 bits per heavy atom. The lowest BCUT2D eigenvalue weighted by Crippen LogP contribution is -2.15. The van der Waals surface area contributed by atoms with Gasteiger partial charge in [-0.05, 0) is 38.1 Å². The third-order valence-corrected chi connectivity index (χ3v) is 5.78. The second-order valence-corrected chi connectivity index (χ2v) is 8.95. The van der Waals surface area contributed by atoms with Gasteiger partial charge in [-0.3, -0.25) is 19.9 Å². The first-order valence-corrected chi connectivity index (χ1v) is 11.5. The van der Waals surface area contributed by atoms with Crippen LogP contribution in [0.3, 0.4) is 0 Å². The number of carbonyl (C=O) groups is 2. The molecule has 0 unspecified atom stereocenters. The molecule has 3 aromatic heterocycles. The molecule has 38 heavy (non-hydrogen) atoms. The summed E-state index contributed by atoms with van der Waals surface area (Å²) >= 11 is 5.99. The number of nitrogen functional groups attached to an aromatic ring is 1. The summed E-state index contributed by atoms with van der Waals surface area (Å²) in [6.07, 6.45) is -3.23. The van der Waals surface area contributed by atoms with Crippen LogP contribution in [0.2, 0.25) is 5.02 Å². The van der Waals surface area contributed by atoms with Crippen LogP contribution in [0, 0.1) is 0 Å². The Labute approximate surface area is 218 Å². The normalized spacial score (nSPS) is 11.7. The van der Waals surface area contributed by atoms with Gasteiger partial charge in [-0.2, -0.15) is 18.3 Å². The fraction of sp³-hybridized carbons (Fsp3) is 0.208. The number of benzene rings is 1. The standard InChI is InChI=1S/C24H21ClF3N7O3/c1-11(2)35-22(29)20(23(30)37)21(33-35)12-3-5-14(31-10-12)8-18(36)32-19-9-17(34-38-19)15-6-4-13(7-16(15)25)24(26,27)28/h3-7,9-11H,8,29H2,1-2H3,(H2,30,37)(H,32,36). The Morgan fingerprint density at radius 3 is 2.50 bits per heavy atom. The van der Waals surface area contributed by atoms with Gasteiger partial charge in [-0.15, -0.1) is 0 Å². The minimum Gasteiger partial charge on any atom is -0.383 e. The Hall–Kier alpha value is -4.39. The smallest absolute Gasteiger partial charge is 0.383 e. The molecule has 0 saturated heterocycles. The molecule has 4 rings (SSSR count). The first-order valence-electron chi connectivity index (χ1n) is 11.1. The van der Waals surface area contributed by atoms with E-state index in [0.29, 0.717) is 11.3 Å². The molecule has 14 heteroatoms. The van der Waals surface area contributed by atoms with Crippen LogP contribution in [-0.4, -0.2) is 31.7 Å². The maximum absolute atomic E-state index is 12.9. The number of primary amides is 1. The van der Waals surface area contributed by atoms with Gasteiger partial charge in [0.15, 0.2) is 0 Å². The average Bonchev–Trinajstić information content (AvgIpc) is 3.43. The van der Waals surface area contributed by atoms with Crippen molar-refractivity contribution in [1.29, 1.82) is 0 Å². The zero-order valence-corrected chi connectivity index (χ0v) is 20.8. The molecule has 3 heterocycles. The topological polar surface area (TPSA) is 155 Å². The SMILES string of the molecule is CC(C)n1nc(-c2ccc(CC(=O)Nc3cc(-c4ccc(C(F)(F)F)cc4Cl)no3)nc2)c(C(N)=O)c1N. The van der Waals surface area contributed by atoms with E-state index in [0.717, 1.165) is 12.1 Å². The number of anilines is 2. The number of hydrogen-bond acceptors (Lipinski definition) is 7. The van der Waals surface area contributed by atoms with E-state index in [1.165, 1.54) is 23.0 Å². The van der Waals surface area contributed by atoms with Gasteiger partial charge in [-0.25, -0.2) is 4.68 Å². The number of hydrogen-bond donors (Lipinski definition) is 3. The van der Waals surface area contributed by atoms with Crippen molar-refractivity contribution >= 4 is 35.1 Å². The lowest BCUT2D eigenvalue weighted by Gasteiger charge is -2.08. The second-order valence-electron chi connectivity index (χ2n) is 8.54. The number of nitrogens with one attached hydrogen (secondary N) is 1. The Balaban J connectivity index is 1.45. The van der Waals surface area contributed by atoms with Crippen LogP contribution in [0.4, 0.5) is 24.9 Å². The molecule has 0 spiro atoms. The highest BCUT2D eigenvalue weighted by Gasteiger charge is 2.31. The number of carbonyl (C=O) groups excluding carboxylic acids is 2. The number of halogens is 4. The van der Waals surface area contributed by atoms with Gasteiger partial charge in [0, 0.05) is 35.1 Å². The zero-order valence-electron chi connectivity index (χ0n) is 20.0. The average molecular weight is 548 g/mol. The quantitative estimate of drug-likeness (QED) is 0.302. The third kappa shape index (κ3) is 5.47. The molecule has 0 radical (unpaired) electrons. The van der Waals surface area contributed by atoms with E-state index < -0.39 is 23.6 Å². The summed E-state index contributed by atoms with van der Waals surface area (Å²) in [6.45, 7) is 3.71. The zero-order chi connectivity index (χ0) is 27.8. The van der Waals surface area contributed by atoms with Crippen molar-refractivity contribution in [2.75, 3.05) is 11.1 Å². The molecule has 0 aliphatic rings. The van der Waals surface area contributed by atoms with Crippen molar-refractivity contribution in [1.82, 2.24) is 19.9 Å². The number of nitrogens with zero attached hydrogens (tertiary/aromatic N) is 4. The number of aromatic nitrogens is 4. The van der Waals surface area contributed by atoms with E-state index >= 15 is 0 Å². The molecule has 198 valence electrons. The summed E-state index contributed by atoms with van der Waals surface area (Å²) in [5, 5.41) is 10.5. The molecular formula is C24H21ClF3N7O3. The van der Waals surface area contributed by atoms with E-state index in [-0.39, 0.29) is 51.7 Å². The molecular weight excluding hydrogens is 527 g/mol. The van der Waals surface area contributed by atoms with Gasteiger partial charge in [-0.1, -0.05) is 22.8 Å². The predicted molar refractivity (Wildman–Crippen MR) is 133 cm³/mol. The third-order valence-electron chi connectivity index (χ3n) is 5.47. The van der Waals surface area contributed by atoms with Crippen molar-refractivity contribution in [3.63, 3.8) is 0 Å². The monoisotopic (exact) mass is 547 g/mol. The van der Waals surface area contributed by atoms with E-state index in [4.69, 9.17) is 27.6 Å². The molecule has 2 amide bonds. The van der Waals surface area contributed by atoms with Crippen LogP contribution < -0.4 is 16.8 Å². The van der Waals surface area contributed by atoms with Gasteiger partial charge in [0.1, 0.15) is 22.8 Å². The number of rotatable bonds is 7. The second kappa shape index (κ2) is 10.2. The first-order chi connectivity index (χ1) is 17.8. The number of pyridine rings is 1. The minimum atomic E-state index is -4.54. The van der Waals surface area contributed by atoms with E-state index in [1.54, 1.807) is 12.1 Å². The number of nitrogens with two attached hydrogens (primary N) is 2. The van der Waals surface area contributed by atoms with Gasteiger partial charge >= 0.3 is 6.18 Å². The molecule has 0 atom stereocenters. The van der Waals surface area contributed by atoms with Crippen LogP contribution >= 0.6 is 11.6 Å². The Morgan fingerprint density at radius 1 is 1.18 bits per heavy atom. The molecule has 5 N–H and O–H groups in total. The van der Waals surface area contributed by atoms with Crippen LogP contribution in [0.5, 0.6) is 0 Å². The van der Waals surface area contributed by atoms with Crippen molar-refractivity contribution in [2.45, 2.75) is 32.5 Å². The van der Waals surface area contributed by atoms with Crippen molar-refractivity contribution < 1.29 is 27.3 Å². The fourth-order valence-electron chi connectivity index (χ4n) is 3.66.